The van der Waals surface area contributed by atoms with Gasteiger partial charge in [-0.05, 0) is 63.9 Å². The lowest BCUT2D eigenvalue weighted by molar-refractivity contribution is 0.0812. The monoisotopic (exact) mass is 586 g/mol. The SMILES string of the molecule is COc1ccnc(N(C)SONc2ccc(-c3nc(N)c(C(C)=N)c(OC4CCN(C(C)C)CC4)n3)cc2)c1.S. The molecule has 4 N–H and O–H groups in total. The van der Waals surface area contributed by atoms with E-state index in [9.17, 15) is 0 Å². The molecule has 1 saturated heterocycles. The molecule has 2 aromatic heterocycles. The summed E-state index contributed by atoms with van der Waals surface area (Å²) in [5.41, 5.74) is 11.4. The minimum atomic E-state index is 0. The molecule has 0 spiro atoms. The van der Waals surface area contributed by atoms with Crippen molar-refractivity contribution in [3.8, 4) is 23.0 Å². The van der Waals surface area contributed by atoms with Crippen LogP contribution in [0.5, 0.6) is 11.6 Å². The maximum atomic E-state index is 8.21. The molecule has 11 nitrogen and oxygen atoms in total. The van der Waals surface area contributed by atoms with Crippen LogP contribution in [0.3, 0.4) is 0 Å². The van der Waals surface area contributed by atoms with Crippen molar-refractivity contribution in [1.29, 1.82) is 5.41 Å². The molecule has 0 unspecified atom stereocenters. The number of nitrogen functional groups attached to an aromatic ring is 1. The number of hydrogen-bond donors (Lipinski definition) is 3. The van der Waals surface area contributed by atoms with Gasteiger partial charge in [0.1, 0.15) is 35.7 Å². The minimum absolute atomic E-state index is 0. The van der Waals surface area contributed by atoms with Crippen LogP contribution in [0.15, 0.2) is 42.6 Å². The fraction of sp³-hybridized carbons (Fsp3) is 0.407. The van der Waals surface area contributed by atoms with E-state index < -0.39 is 0 Å². The Morgan fingerprint density at radius 1 is 1.18 bits per heavy atom. The van der Waals surface area contributed by atoms with Crippen LogP contribution in [0.4, 0.5) is 17.3 Å². The van der Waals surface area contributed by atoms with Gasteiger partial charge in [-0.1, -0.05) is 0 Å². The number of ether oxygens (including phenoxy) is 2. The van der Waals surface area contributed by atoms with E-state index in [4.69, 9.17) is 24.9 Å². The van der Waals surface area contributed by atoms with Crippen LogP contribution in [0, 0.1) is 5.41 Å². The van der Waals surface area contributed by atoms with E-state index in [0.717, 1.165) is 49.4 Å². The third-order valence-corrected chi connectivity index (χ3v) is 7.06. The first kappa shape index (κ1) is 31.3. The minimum Gasteiger partial charge on any atom is -0.497 e. The van der Waals surface area contributed by atoms with Gasteiger partial charge in [0.2, 0.25) is 5.88 Å². The van der Waals surface area contributed by atoms with Gasteiger partial charge in [-0.2, -0.15) is 22.8 Å². The molecular weight excluding hydrogens is 548 g/mol. The van der Waals surface area contributed by atoms with Crippen LogP contribution in [-0.4, -0.2) is 65.0 Å². The first-order valence-corrected chi connectivity index (χ1v) is 13.5. The summed E-state index contributed by atoms with van der Waals surface area (Å²) in [4.78, 5) is 15.9. The first-order valence-electron chi connectivity index (χ1n) is 12.8. The number of likely N-dealkylation sites (tertiary alicyclic amines) is 1. The van der Waals surface area contributed by atoms with Crippen molar-refractivity contribution in [2.75, 3.05) is 42.8 Å². The molecule has 1 aromatic carbocycles. The number of piperidine rings is 1. The molecule has 0 amide bonds. The highest BCUT2D eigenvalue weighted by Crippen LogP contribution is 2.30. The zero-order chi connectivity index (χ0) is 27.9. The van der Waals surface area contributed by atoms with Gasteiger partial charge in [-0.25, -0.2) is 9.97 Å². The lowest BCUT2D eigenvalue weighted by Crippen LogP contribution is -2.42. The molecule has 0 atom stereocenters. The molecule has 3 aromatic rings. The average Bonchev–Trinajstić information content (AvgIpc) is 2.93. The number of methoxy groups -OCH3 is 1. The summed E-state index contributed by atoms with van der Waals surface area (Å²) in [5.74, 6) is 2.45. The third kappa shape index (κ3) is 7.90. The quantitative estimate of drug-likeness (QED) is 0.122. The van der Waals surface area contributed by atoms with Crippen LogP contribution in [0.1, 0.15) is 39.2 Å². The van der Waals surface area contributed by atoms with Gasteiger partial charge in [0, 0.05) is 49.7 Å². The highest BCUT2D eigenvalue weighted by atomic mass is 32.2. The fourth-order valence-electron chi connectivity index (χ4n) is 4.24. The number of benzene rings is 1. The normalized spacial score (nSPS) is 13.9. The third-order valence-electron chi connectivity index (χ3n) is 6.49. The molecule has 4 rings (SSSR count). The van der Waals surface area contributed by atoms with Crippen molar-refractivity contribution in [2.45, 2.75) is 45.8 Å². The molecule has 1 aliphatic heterocycles. The Morgan fingerprint density at radius 2 is 1.88 bits per heavy atom. The second-order valence-corrected chi connectivity index (χ2v) is 10.4. The van der Waals surface area contributed by atoms with Crippen LogP contribution >= 0.6 is 25.7 Å². The maximum Gasteiger partial charge on any atom is 0.228 e. The number of anilines is 3. The molecule has 40 heavy (non-hydrogen) atoms. The summed E-state index contributed by atoms with van der Waals surface area (Å²) in [6.07, 6.45) is 3.49. The molecule has 1 aliphatic rings. The predicted octanol–water partition coefficient (Wildman–Crippen LogP) is 4.92. The standard InChI is InChI=1S/C27H36N8O3S.H2S/c1-17(2)35-14-11-21(12-15-35)37-27-24(18(3)28)25(29)31-26(32-27)19-6-8-20(9-7-19)33-38-39-34(4)23-16-22(36-5)10-13-30-23;/h6-10,13,16-17,21,28,33H,11-12,14-15H2,1-5H3,(H2,29,31,32);1H2. The molecule has 3 heterocycles. The molecule has 1 fully saturated rings. The zero-order valence-electron chi connectivity index (χ0n) is 23.5. The highest BCUT2D eigenvalue weighted by Gasteiger charge is 2.25. The number of rotatable bonds is 11. The van der Waals surface area contributed by atoms with Gasteiger partial charge in [-0.3, -0.25) is 9.79 Å². The van der Waals surface area contributed by atoms with Crippen molar-refractivity contribution in [2.24, 2.45) is 0 Å². The molecule has 0 saturated carbocycles. The second kappa shape index (κ2) is 14.4. The lowest BCUT2D eigenvalue weighted by Gasteiger charge is -2.34. The van der Waals surface area contributed by atoms with Crippen molar-refractivity contribution in [1.82, 2.24) is 19.9 Å². The fourth-order valence-corrected chi connectivity index (χ4v) is 4.66. The summed E-state index contributed by atoms with van der Waals surface area (Å²) in [6.45, 7) is 8.02. The molecule has 13 heteroatoms. The molecule has 0 aliphatic carbocycles. The number of nitrogens with one attached hydrogen (secondary N) is 2. The second-order valence-electron chi connectivity index (χ2n) is 9.57. The van der Waals surface area contributed by atoms with Crippen molar-refractivity contribution < 1.29 is 13.8 Å². The first-order chi connectivity index (χ1) is 18.7. The largest absolute Gasteiger partial charge is 0.497 e. The maximum absolute atomic E-state index is 8.21. The topological polar surface area (TPSA) is 135 Å². The Kier molecular flexibility index (Phi) is 11.3. The molecular formula is C27H38N8O3S2. The smallest absolute Gasteiger partial charge is 0.228 e. The van der Waals surface area contributed by atoms with Gasteiger partial charge in [-0.15, -0.1) is 0 Å². The Balaban J connectivity index is 0.00000441. The summed E-state index contributed by atoms with van der Waals surface area (Å²) >= 11 is 1.09. The van der Waals surface area contributed by atoms with Gasteiger partial charge in [0.15, 0.2) is 5.82 Å². The van der Waals surface area contributed by atoms with E-state index >= 15 is 0 Å². The lowest BCUT2D eigenvalue weighted by atomic mass is 10.1. The van der Waals surface area contributed by atoms with E-state index in [1.165, 1.54) is 0 Å². The Morgan fingerprint density at radius 3 is 2.50 bits per heavy atom. The number of aromatic nitrogens is 3. The van der Waals surface area contributed by atoms with E-state index in [1.54, 1.807) is 30.6 Å². The number of pyridine rings is 1. The number of nitrogens with zero attached hydrogens (tertiary/aromatic N) is 5. The molecule has 216 valence electrons. The molecule has 0 radical (unpaired) electrons. The highest BCUT2D eigenvalue weighted by molar-refractivity contribution is 7.96. The Hall–Kier alpha value is -3.26. The van der Waals surface area contributed by atoms with E-state index in [0.29, 0.717) is 34.9 Å². The van der Waals surface area contributed by atoms with Crippen LogP contribution in [-0.2, 0) is 4.28 Å². The van der Waals surface area contributed by atoms with Gasteiger partial charge in [0.05, 0.1) is 18.4 Å². The Bertz CT molecular complexity index is 1270. The van der Waals surface area contributed by atoms with Crippen molar-refractivity contribution >= 4 is 48.8 Å². The summed E-state index contributed by atoms with van der Waals surface area (Å²) in [7, 11) is 3.45. The summed E-state index contributed by atoms with van der Waals surface area (Å²) in [6, 6.07) is 11.6. The number of nitrogens with two attached hydrogens (primary N) is 1. The predicted molar refractivity (Wildman–Crippen MR) is 167 cm³/mol. The van der Waals surface area contributed by atoms with Gasteiger partial charge >= 0.3 is 0 Å². The number of hydrogen-bond acceptors (Lipinski definition) is 12. The van der Waals surface area contributed by atoms with Gasteiger partial charge < -0.3 is 25.5 Å². The van der Waals surface area contributed by atoms with E-state index in [1.807, 2.05) is 37.4 Å². The van der Waals surface area contributed by atoms with E-state index in [2.05, 4.69) is 39.2 Å². The van der Waals surface area contributed by atoms with E-state index in [-0.39, 0.29) is 31.1 Å². The average molecular weight is 587 g/mol. The van der Waals surface area contributed by atoms with Gasteiger partial charge in [0.25, 0.3) is 0 Å². The van der Waals surface area contributed by atoms with Crippen LogP contribution in [0.25, 0.3) is 11.4 Å². The van der Waals surface area contributed by atoms with Crippen molar-refractivity contribution in [3.63, 3.8) is 0 Å². The van der Waals surface area contributed by atoms with Crippen molar-refractivity contribution in [3.05, 3.63) is 48.2 Å². The summed E-state index contributed by atoms with van der Waals surface area (Å²) in [5, 5.41) is 8.21. The zero-order valence-corrected chi connectivity index (χ0v) is 25.3. The van der Waals surface area contributed by atoms with Crippen LogP contribution in [0.2, 0.25) is 0 Å². The summed E-state index contributed by atoms with van der Waals surface area (Å²) < 4.78 is 18.9. The van der Waals surface area contributed by atoms with Crippen LogP contribution < -0.4 is 25.0 Å². The molecule has 0 bridgehead atoms. The Labute approximate surface area is 247 Å².